The van der Waals surface area contributed by atoms with Crippen LogP contribution in [0, 0.1) is 12.8 Å². The van der Waals surface area contributed by atoms with Gasteiger partial charge in [-0.1, -0.05) is 20.3 Å². The van der Waals surface area contributed by atoms with E-state index in [1.807, 2.05) is 13.1 Å². The molecule has 2 N–H and O–H groups in total. The number of aromatic nitrogens is 2. The Kier molecular flexibility index (Phi) is 5.35. The summed E-state index contributed by atoms with van der Waals surface area (Å²) in [7, 11) is 0. The molecule has 1 aromatic rings. The number of aryl methyl sites for hydroxylation is 1. The van der Waals surface area contributed by atoms with Gasteiger partial charge in [-0.25, -0.2) is 9.97 Å². The highest BCUT2D eigenvalue weighted by Gasteiger charge is 2.11. The Hall–Kier alpha value is -1.16. The molecule has 1 atom stereocenters. The maximum absolute atomic E-state index is 5.62. The van der Waals surface area contributed by atoms with E-state index in [1.165, 1.54) is 6.42 Å². The lowest BCUT2D eigenvalue weighted by Crippen LogP contribution is -2.30. The standard InChI is InChI=1S/C13H24N4/c1-5-10(3)9-17(6-2)13-15-8-12(7-14)11(4)16-13/h8,10H,5-7,9,14H2,1-4H3. The van der Waals surface area contributed by atoms with Crippen LogP contribution in [0.4, 0.5) is 5.95 Å². The van der Waals surface area contributed by atoms with E-state index < -0.39 is 0 Å². The minimum Gasteiger partial charge on any atom is -0.341 e. The molecule has 0 amide bonds. The quantitative estimate of drug-likeness (QED) is 0.822. The second-order valence-corrected chi connectivity index (χ2v) is 4.54. The van der Waals surface area contributed by atoms with E-state index in [1.54, 1.807) is 0 Å². The average molecular weight is 236 g/mol. The van der Waals surface area contributed by atoms with Crippen LogP contribution in [0.15, 0.2) is 6.20 Å². The lowest BCUT2D eigenvalue weighted by atomic mass is 10.1. The van der Waals surface area contributed by atoms with Crippen molar-refractivity contribution in [1.29, 1.82) is 0 Å². The van der Waals surface area contributed by atoms with E-state index in [-0.39, 0.29) is 0 Å². The fourth-order valence-corrected chi connectivity index (χ4v) is 1.69. The van der Waals surface area contributed by atoms with Crippen molar-refractivity contribution in [2.75, 3.05) is 18.0 Å². The van der Waals surface area contributed by atoms with Crippen LogP contribution >= 0.6 is 0 Å². The highest BCUT2D eigenvalue weighted by Crippen LogP contribution is 2.13. The van der Waals surface area contributed by atoms with Crippen molar-refractivity contribution in [3.8, 4) is 0 Å². The van der Waals surface area contributed by atoms with Crippen LogP contribution in [0.25, 0.3) is 0 Å². The first-order valence-electron chi connectivity index (χ1n) is 6.39. The maximum atomic E-state index is 5.62. The monoisotopic (exact) mass is 236 g/mol. The van der Waals surface area contributed by atoms with Crippen LogP contribution < -0.4 is 10.6 Å². The van der Waals surface area contributed by atoms with Gasteiger partial charge in [0.1, 0.15) is 0 Å². The molecule has 0 fully saturated rings. The van der Waals surface area contributed by atoms with Gasteiger partial charge in [0.15, 0.2) is 0 Å². The van der Waals surface area contributed by atoms with Crippen LogP contribution in [0.1, 0.15) is 38.4 Å². The highest BCUT2D eigenvalue weighted by atomic mass is 15.2. The molecule has 0 aromatic carbocycles. The summed E-state index contributed by atoms with van der Waals surface area (Å²) in [5, 5.41) is 0. The summed E-state index contributed by atoms with van der Waals surface area (Å²) in [6.45, 7) is 11.0. The first-order chi connectivity index (χ1) is 8.12. The molecule has 4 nitrogen and oxygen atoms in total. The van der Waals surface area contributed by atoms with Gasteiger partial charge in [0.05, 0.1) is 0 Å². The van der Waals surface area contributed by atoms with Gasteiger partial charge in [-0.2, -0.15) is 0 Å². The smallest absolute Gasteiger partial charge is 0.225 e. The minimum atomic E-state index is 0.504. The van der Waals surface area contributed by atoms with E-state index in [0.717, 1.165) is 30.3 Å². The average Bonchev–Trinajstić information content (AvgIpc) is 2.35. The van der Waals surface area contributed by atoms with Crippen molar-refractivity contribution in [3.63, 3.8) is 0 Å². The molecule has 1 unspecified atom stereocenters. The molecule has 1 rings (SSSR count). The maximum Gasteiger partial charge on any atom is 0.225 e. The Morgan fingerprint density at radius 3 is 2.59 bits per heavy atom. The Morgan fingerprint density at radius 1 is 1.41 bits per heavy atom. The lowest BCUT2D eigenvalue weighted by Gasteiger charge is -2.24. The molecule has 0 radical (unpaired) electrons. The molecule has 17 heavy (non-hydrogen) atoms. The molecule has 0 aliphatic heterocycles. The van der Waals surface area contributed by atoms with Gasteiger partial charge < -0.3 is 10.6 Å². The number of nitrogens with two attached hydrogens (primary N) is 1. The van der Waals surface area contributed by atoms with E-state index in [9.17, 15) is 0 Å². The van der Waals surface area contributed by atoms with E-state index >= 15 is 0 Å². The summed E-state index contributed by atoms with van der Waals surface area (Å²) in [5.41, 5.74) is 7.63. The zero-order valence-corrected chi connectivity index (χ0v) is 11.4. The summed E-state index contributed by atoms with van der Waals surface area (Å²) in [6, 6.07) is 0. The highest BCUT2D eigenvalue weighted by molar-refractivity contribution is 5.32. The van der Waals surface area contributed by atoms with Gasteiger partial charge in [0.25, 0.3) is 0 Å². The van der Waals surface area contributed by atoms with Crippen molar-refractivity contribution in [2.24, 2.45) is 11.7 Å². The lowest BCUT2D eigenvalue weighted by molar-refractivity contribution is 0.542. The third-order valence-electron chi connectivity index (χ3n) is 3.18. The SMILES string of the molecule is CCC(C)CN(CC)c1ncc(CN)c(C)n1. The summed E-state index contributed by atoms with van der Waals surface area (Å²) in [4.78, 5) is 11.2. The zero-order valence-electron chi connectivity index (χ0n) is 11.4. The number of hydrogen-bond donors (Lipinski definition) is 1. The molecule has 0 spiro atoms. The summed E-state index contributed by atoms with van der Waals surface area (Å²) in [5.74, 6) is 1.48. The predicted octanol–water partition coefficient (Wildman–Crippen LogP) is 2.12. The van der Waals surface area contributed by atoms with Crippen molar-refractivity contribution < 1.29 is 0 Å². The zero-order chi connectivity index (χ0) is 12.8. The van der Waals surface area contributed by atoms with Gasteiger partial charge in [0.2, 0.25) is 5.95 Å². The normalized spacial score (nSPS) is 12.5. The third kappa shape index (κ3) is 3.66. The van der Waals surface area contributed by atoms with Crippen LogP contribution in [-0.4, -0.2) is 23.1 Å². The molecule has 1 aromatic heterocycles. The van der Waals surface area contributed by atoms with E-state index in [2.05, 4.69) is 35.6 Å². The van der Waals surface area contributed by atoms with Gasteiger partial charge in [0, 0.05) is 37.1 Å². The summed E-state index contributed by atoms with van der Waals surface area (Å²) < 4.78 is 0. The number of nitrogens with zero attached hydrogens (tertiary/aromatic N) is 3. The Labute approximate surface area is 104 Å². The fraction of sp³-hybridized carbons (Fsp3) is 0.692. The molecule has 0 aliphatic carbocycles. The second kappa shape index (κ2) is 6.55. The van der Waals surface area contributed by atoms with Crippen LogP contribution in [0.5, 0.6) is 0 Å². The van der Waals surface area contributed by atoms with Crippen molar-refractivity contribution in [3.05, 3.63) is 17.5 Å². The molecule has 0 saturated carbocycles. The summed E-state index contributed by atoms with van der Waals surface area (Å²) in [6.07, 6.45) is 3.02. The van der Waals surface area contributed by atoms with Crippen molar-refractivity contribution >= 4 is 5.95 Å². The van der Waals surface area contributed by atoms with Gasteiger partial charge in [-0.3, -0.25) is 0 Å². The molecular weight excluding hydrogens is 212 g/mol. The molecule has 96 valence electrons. The predicted molar refractivity (Wildman–Crippen MR) is 72.0 cm³/mol. The summed E-state index contributed by atoms with van der Waals surface area (Å²) >= 11 is 0. The van der Waals surface area contributed by atoms with Gasteiger partial charge in [-0.15, -0.1) is 0 Å². The van der Waals surface area contributed by atoms with Crippen LogP contribution in [-0.2, 0) is 6.54 Å². The second-order valence-electron chi connectivity index (χ2n) is 4.54. The van der Waals surface area contributed by atoms with Crippen LogP contribution in [0.3, 0.4) is 0 Å². The molecule has 0 aliphatic rings. The molecule has 1 heterocycles. The molecular formula is C13H24N4. The first kappa shape index (κ1) is 13.9. The van der Waals surface area contributed by atoms with Crippen LogP contribution in [0.2, 0.25) is 0 Å². The number of hydrogen-bond acceptors (Lipinski definition) is 4. The van der Waals surface area contributed by atoms with E-state index in [0.29, 0.717) is 12.5 Å². The van der Waals surface area contributed by atoms with Crippen molar-refractivity contribution in [2.45, 2.75) is 40.7 Å². The first-order valence-corrected chi connectivity index (χ1v) is 6.39. The largest absolute Gasteiger partial charge is 0.341 e. The van der Waals surface area contributed by atoms with Gasteiger partial charge in [-0.05, 0) is 19.8 Å². The van der Waals surface area contributed by atoms with Crippen molar-refractivity contribution in [1.82, 2.24) is 9.97 Å². The third-order valence-corrected chi connectivity index (χ3v) is 3.18. The minimum absolute atomic E-state index is 0.504. The fourth-order valence-electron chi connectivity index (χ4n) is 1.69. The number of rotatable bonds is 6. The molecule has 0 bridgehead atoms. The topological polar surface area (TPSA) is 55.0 Å². The molecule has 4 heteroatoms. The van der Waals surface area contributed by atoms with E-state index in [4.69, 9.17) is 5.73 Å². The molecule has 0 saturated heterocycles. The van der Waals surface area contributed by atoms with Gasteiger partial charge >= 0.3 is 0 Å². The Balaban J connectivity index is 2.85. The Morgan fingerprint density at radius 2 is 2.12 bits per heavy atom. The number of anilines is 1. The Bertz CT molecular complexity index is 351.